The summed E-state index contributed by atoms with van der Waals surface area (Å²) in [6.07, 6.45) is 12.1. The smallest absolute Gasteiger partial charge is 0.314 e. The molecule has 17 nitrogen and oxygen atoms in total. The van der Waals surface area contributed by atoms with Crippen LogP contribution in [0.25, 0.3) is 0 Å². The van der Waals surface area contributed by atoms with Gasteiger partial charge in [0.2, 0.25) is 10.0 Å². The number of likely N-dealkylation sites (tertiary alicyclic amines) is 2. The number of urea groups is 1. The number of piperidine rings is 2. The number of fused-ring (bicyclic) bond motifs is 2. The van der Waals surface area contributed by atoms with E-state index >= 15 is 0 Å². The Morgan fingerprint density at radius 3 is 1.50 bits per heavy atom. The van der Waals surface area contributed by atoms with E-state index in [-0.39, 0.29) is 78.0 Å². The highest BCUT2D eigenvalue weighted by atomic mass is 35.5. The molecule has 3 N–H and O–H groups in total. The molecule has 4 aromatic carbocycles. The molecular weight excluding hydrogens is 1200 g/mol. The van der Waals surface area contributed by atoms with Gasteiger partial charge in [-0.25, -0.2) is 26.4 Å². The van der Waals surface area contributed by atoms with Gasteiger partial charge in [-0.15, -0.1) is 0 Å². The standard InChI is InChI=1S/C61H81Cl4N5O12S2/c62-44-38-53-51(55(64)40-44)42-57(69-25-6-2-7-26-69)59(53)81-47-14-18-49(19-15-47)83(73,74)37-11-30-78-34-35-79-31-23-67-61(72)66-22-5-1-4-12-46(71)13-10-29-77-33-36-80-32-24-68-84(75,76)50-20-16-48(17-21-50)82-60-54-39-45(63)41-56(65)52(54)43-58(60)70-27-8-3-9-28-70/h14-21,38-41,57-60,68H,1-13,22-37,42-43H2,(H2,66,67,72)/t57-,58-,59-,60-/m0/s1. The lowest BCUT2D eigenvalue weighted by atomic mass is 10.0. The number of hydrogen-bond donors (Lipinski definition) is 3. The largest absolute Gasteiger partial charge is 0.484 e. The second-order valence-corrected chi connectivity index (χ2v) is 27.4. The molecule has 2 amide bonds. The quantitative estimate of drug-likeness (QED) is 0.0367. The van der Waals surface area contributed by atoms with Gasteiger partial charge in [0.1, 0.15) is 29.5 Å². The topological polar surface area (TPSA) is 200 Å². The fraction of sp³-hybridized carbons (Fsp3) is 0.574. The number of ketones is 1. The molecule has 0 bridgehead atoms. The van der Waals surface area contributed by atoms with Crippen LogP contribution in [-0.2, 0) is 56.4 Å². The Bertz CT molecular complexity index is 2770. The Balaban J connectivity index is 0.576. The van der Waals surface area contributed by atoms with Crippen LogP contribution in [0.4, 0.5) is 4.79 Å². The van der Waals surface area contributed by atoms with Gasteiger partial charge in [-0.2, -0.15) is 0 Å². The van der Waals surface area contributed by atoms with Crippen LogP contribution in [0.15, 0.2) is 82.6 Å². The van der Waals surface area contributed by atoms with Gasteiger partial charge >= 0.3 is 6.03 Å². The number of unbranched alkanes of at least 4 members (excludes halogenated alkanes) is 2. The van der Waals surface area contributed by atoms with Crippen LogP contribution in [0.2, 0.25) is 20.1 Å². The van der Waals surface area contributed by atoms with Crippen molar-refractivity contribution in [3.63, 3.8) is 0 Å². The Morgan fingerprint density at radius 2 is 0.964 bits per heavy atom. The molecule has 2 aliphatic carbocycles. The minimum Gasteiger partial charge on any atom is -0.484 e. The van der Waals surface area contributed by atoms with Crippen LogP contribution in [0.5, 0.6) is 11.5 Å². The highest BCUT2D eigenvalue weighted by Crippen LogP contribution is 2.45. The van der Waals surface area contributed by atoms with E-state index in [1.165, 1.54) is 25.0 Å². The number of ether oxygens (including phenoxy) is 6. The van der Waals surface area contributed by atoms with Gasteiger partial charge < -0.3 is 39.1 Å². The minimum absolute atomic E-state index is 0.0614. The van der Waals surface area contributed by atoms with E-state index in [4.69, 9.17) is 74.8 Å². The van der Waals surface area contributed by atoms with E-state index in [2.05, 4.69) is 25.2 Å². The molecule has 84 heavy (non-hydrogen) atoms. The van der Waals surface area contributed by atoms with Crippen molar-refractivity contribution >= 4 is 78.1 Å². The molecule has 2 saturated heterocycles. The van der Waals surface area contributed by atoms with E-state index in [1.807, 2.05) is 12.1 Å². The monoisotopic (exact) mass is 1280 g/mol. The molecule has 23 heteroatoms. The summed E-state index contributed by atoms with van der Waals surface area (Å²) in [5.74, 6) is 1.25. The Morgan fingerprint density at radius 1 is 0.500 bits per heavy atom. The lowest BCUT2D eigenvalue weighted by molar-refractivity contribution is -0.119. The summed E-state index contributed by atoms with van der Waals surface area (Å²) in [6, 6.07) is 20.4. The minimum atomic E-state index is -3.78. The molecule has 0 radical (unpaired) electrons. The van der Waals surface area contributed by atoms with Gasteiger partial charge in [0.15, 0.2) is 9.84 Å². The van der Waals surface area contributed by atoms with Crippen LogP contribution in [0, 0.1) is 0 Å². The van der Waals surface area contributed by atoms with Crippen molar-refractivity contribution in [3.8, 4) is 11.5 Å². The third kappa shape index (κ3) is 19.9. The maximum absolute atomic E-state index is 13.1. The lowest BCUT2D eigenvalue weighted by Gasteiger charge is -2.35. The molecule has 462 valence electrons. The molecule has 0 saturated carbocycles. The van der Waals surface area contributed by atoms with E-state index < -0.39 is 19.9 Å². The van der Waals surface area contributed by atoms with Gasteiger partial charge in [-0.1, -0.05) is 65.7 Å². The van der Waals surface area contributed by atoms with Gasteiger partial charge in [-0.05, 0) is 174 Å². The first-order chi connectivity index (χ1) is 40.6. The number of benzene rings is 4. The van der Waals surface area contributed by atoms with Crippen molar-refractivity contribution in [1.29, 1.82) is 0 Å². The first-order valence-electron chi connectivity index (χ1n) is 29.7. The molecule has 4 aliphatic rings. The number of carbonyl (C=O) groups excluding carboxylic acids is 2. The molecular formula is C61H81Cl4N5O12S2. The Hall–Kier alpha value is -3.80. The zero-order valence-corrected chi connectivity index (χ0v) is 52.4. The Kier molecular flexibility index (Phi) is 26.4. The molecule has 2 aliphatic heterocycles. The number of carbonyl (C=O) groups is 2. The van der Waals surface area contributed by atoms with Crippen molar-refractivity contribution in [3.05, 3.63) is 115 Å². The van der Waals surface area contributed by atoms with Gasteiger partial charge in [0.05, 0.1) is 67.3 Å². The molecule has 0 aromatic heterocycles. The summed E-state index contributed by atoms with van der Waals surface area (Å²) in [5, 5.41) is 7.97. The maximum atomic E-state index is 13.1. The highest BCUT2D eigenvalue weighted by Gasteiger charge is 2.41. The van der Waals surface area contributed by atoms with Crippen LogP contribution in [0.3, 0.4) is 0 Å². The highest BCUT2D eigenvalue weighted by molar-refractivity contribution is 7.91. The molecule has 8 rings (SSSR count). The van der Waals surface area contributed by atoms with Crippen molar-refractivity contribution in [1.82, 2.24) is 25.2 Å². The second-order valence-electron chi connectivity index (χ2n) is 21.8. The molecule has 0 spiro atoms. The second kappa shape index (κ2) is 33.5. The van der Waals surface area contributed by atoms with Crippen molar-refractivity contribution in [2.24, 2.45) is 0 Å². The number of rotatable bonds is 35. The number of sulfonamides is 1. The number of sulfone groups is 1. The first kappa shape index (κ1) is 66.2. The van der Waals surface area contributed by atoms with Crippen LogP contribution in [-0.4, -0.2) is 155 Å². The fourth-order valence-electron chi connectivity index (χ4n) is 11.4. The van der Waals surface area contributed by atoms with E-state index in [9.17, 15) is 26.4 Å². The summed E-state index contributed by atoms with van der Waals surface area (Å²) in [7, 11) is -7.31. The van der Waals surface area contributed by atoms with Gasteiger partial charge in [-0.3, -0.25) is 14.6 Å². The zero-order valence-electron chi connectivity index (χ0n) is 47.8. The fourth-order valence-corrected chi connectivity index (χ4v) is 14.9. The predicted octanol–water partition coefficient (Wildman–Crippen LogP) is 10.8. The Labute approximate surface area is 516 Å². The third-order valence-corrected chi connectivity index (χ3v) is 20.2. The van der Waals surface area contributed by atoms with E-state index in [0.29, 0.717) is 103 Å². The zero-order chi connectivity index (χ0) is 59.3. The van der Waals surface area contributed by atoms with E-state index in [0.717, 1.165) is 106 Å². The third-order valence-electron chi connectivity index (χ3n) is 15.8. The summed E-state index contributed by atoms with van der Waals surface area (Å²) < 4.78 is 90.4. The number of Topliss-reactive ketones (excluding diaryl/α,β-unsaturated/α-hetero) is 1. The van der Waals surface area contributed by atoms with Crippen molar-refractivity contribution in [2.45, 2.75) is 130 Å². The predicted molar refractivity (Wildman–Crippen MR) is 328 cm³/mol. The maximum Gasteiger partial charge on any atom is 0.314 e. The lowest BCUT2D eigenvalue weighted by Crippen LogP contribution is -2.43. The number of nitrogens with one attached hydrogen (secondary N) is 3. The molecule has 4 aromatic rings. The van der Waals surface area contributed by atoms with Crippen LogP contribution >= 0.6 is 46.4 Å². The summed E-state index contributed by atoms with van der Waals surface area (Å²) >= 11 is 26.1. The molecule has 2 heterocycles. The SMILES string of the molecule is O=C(CCCCCNC(=O)NCCOCCOCCCS(=O)(=O)c1ccc(O[C@H]2c3cc(Cl)cc(Cl)c3C[C@@H]2N2CCCCC2)cc1)CCCOCCOCCNS(=O)(=O)c1ccc(O[C@H]2c3cc(Cl)cc(Cl)c3C[C@@H]2N2CCCCC2)cc1. The van der Waals surface area contributed by atoms with Crippen molar-refractivity contribution in [2.75, 3.05) is 104 Å². The molecule has 2 fully saturated rings. The van der Waals surface area contributed by atoms with E-state index in [1.54, 1.807) is 48.5 Å². The van der Waals surface area contributed by atoms with Gasteiger partial charge in [0, 0.05) is 76.9 Å². The average molecular weight is 1280 g/mol. The van der Waals surface area contributed by atoms with Crippen LogP contribution in [0.1, 0.15) is 118 Å². The molecule has 0 unspecified atom stereocenters. The summed E-state index contributed by atoms with van der Waals surface area (Å²) in [5.41, 5.74) is 4.06. The van der Waals surface area contributed by atoms with Crippen molar-refractivity contribution < 1.29 is 54.8 Å². The summed E-state index contributed by atoms with van der Waals surface area (Å²) in [4.78, 5) is 29.8. The first-order valence-corrected chi connectivity index (χ1v) is 34.3. The molecule has 4 atom stereocenters. The number of nitrogens with zero attached hydrogens (tertiary/aromatic N) is 2. The number of hydrogen-bond acceptors (Lipinski definition) is 14. The summed E-state index contributed by atoms with van der Waals surface area (Å²) in [6.45, 7) is 7.24. The normalized spacial score (nSPS) is 19.2. The number of amides is 2. The van der Waals surface area contributed by atoms with Gasteiger partial charge in [0.25, 0.3) is 0 Å². The van der Waals surface area contributed by atoms with Crippen LogP contribution < -0.4 is 24.8 Å². The average Bonchev–Trinajstić information content (AvgIpc) is 2.59. The number of halogens is 4.